The van der Waals surface area contributed by atoms with Crippen LogP contribution in [0.2, 0.25) is 0 Å². The summed E-state index contributed by atoms with van der Waals surface area (Å²) in [5, 5.41) is 3.00. The molecule has 4 heteroatoms. The molecule has 1 heterocycles. The molecule has 0 bridgehead atoms. The third kappa shape index (κ3) is 5.51. The zero-order chi connectivity index (χ0) is 31.3. The van der Waals surface area contributed by atoms with Crippen molar-refractivity contribution < 1.29 is 17.9 Å². The average Bonchev–Trinajstić information content (AvgIpc) is 3.62. The number of benzene rings is 5. The number of hydrogen-bond acceptors (Lipinski definition) is 0. The monoisotopic (exact) mass is 720 g/mol. The van der Waals surface area contributed by atoms with Gasteiger partial charge in [-0.2, -0.15) is 0 Å². The fourth-order valence-corrected chi connectivity index (χ4v) is 24.5. The standard InChI is InChI=1S/C29H31.C12H9Si.2ClH.Zr/c1-5-6-12-21-19-23-17-18-27(29(2,3)4)28(26(23)20-21)25-16-11-10-15-24(25)22-13-8-7-9-14-22;1-3-7-11-9(5-1)10-6-2-4-8-12(10)13-11;;;/h7-11,13-20H,5-6,12H2,1-4H3;1-7H,13H2;2*1H;/q;;;;+2/p-2. The van der Waals surface area contributed by atoms with Crippen LogP contribution < -0.4 is 13.6 Å². The normalized spacial score (nSPS) is 16.0. The molecule has 0 radical (unpaired) electrons. The number of unbranched alkanes of at least 4 members (excludes halogenated alkanes) is 1. The van der Waals surface area contributed by atoms with E-state index in [1.807, 2.05) is 0 Å². The van der Waals surface area contributed by atoms with Crippen molar-refractivity contribution in [3.63, 3.8) is 0 Å². The van der Waals surface area contributed by atoms with E-state index in [9.17, 15) is 0 Å². The van der Waals surface area contributed by atoms with E-state index in [-0.39, 0.29) is 9.04 Å². The fraction of sp³-hybridized carbons (Fsp3) is 0.220. The molecule has 1 aliphatic carbocycles. The Balaban J connectivity index is 1.45. The predicted octanol–water partition coefficient (Wildman–Crippen LogP) is 9.83. The van der Waals surface area contributed by atoms with Gasteiger partial charge in [0.2, 0.25) is 0 Å². The van der Waals surface area contributed by atoms with E-state index in [0.717, 1.165) is 19.3 Å². The van der Waals surface area contributed by atoms with Crippen LogP contribution in [0, 0.1) is 0 Å². The van der Waals surface area contributed by atoms with Gasteiger partial charge in [-0.05, 0) is 0 Å². The van der Waals surface area contributed by atoms with Crippen LogP contribution in [0.1, 0.15) is 67.3 Å². The molecular weight excluding hydrogens is 683 g/mol. The zero-order valence-corrected chi connectivity index (χ0v) is 32.0. The zero-order valence-electron chi connectivity index (χ0n) is 26.6. The van der Waals surface area contributed by atoms with Crippen molar-refractivity contribution in [2.24, 2.45) is 0 Å². The van der Waals surface area contributed by atoms with Gasteiger partial charge in [0.1, 0.15) is 0 Å². The number of fused-ring (bicyclic) bond motifs is 4. The molecule has 0 spiro atoms. The summed E-state index contributed by atoms with van der Waals surface area (Å²) in [7, 11) is 15.4. The Morgan fingerprint density at radius 2 is 1.38 bits per heavy atom. The minimum absolute atomic E-state index is 0.0381. The molecule has 5 aromatic rings. The fourth-order valence-electron chi connectivity index (χ4n) is 7.65. The Labute approximate surface area is 282 Å². The Morgan fingerprint density at radius 1 is 0.711 bits per heavy atom. The topological polar surface area (TPSA) is 0 Å². The van der Waals surface area contributed by atoms with Crippen molar-refractivity contribution in [1.29, 1.82) is 0 Å². The molecule has 2 aliphatic rings. The molecule has 7 rings (SSSR count). The van der Waals surface area contributed by atoms with Crippen LogP contribution in [-0.2, 0) is 23.3 Å². The van der Waals surface area contributed by atoms with Gasteiger partial charge in [0.25, 0.3) is 0 Å². The van der Waals surface area contributed by atoms with Crippen molar-refractivity contribution in [3.8, 4) is 33.4 Å². The number of rotatable bonds is 7. The second kappa shape index (κ2) is 12.3. The molecule has 0 saturated heterocycles. The molecule has 0 nitrogen and oxygen atoms in total. The van der Waals surface area contributed by atoms with Gasteiger partial charge in [0.15, 0.2) is 0 Å². The summed E-state index contributed by atoms with van der Waals surface area (Å²) in [6.45, 7) is 9.28. The van der Waals surface area contributed by atoms with Crippen LogP contribution >= 0.6 is 17.0 Å². The van der Waals surface area contributed by atoms with Crippen LogP contribution in [0.4, 0.5) is 0 Å². The summed E-state index contributed by atoms with van der Waals surface area (Å²) >= 11 is -4.07. The van der Waals surface area contributed by atoms with Crippen molar-refractivity contribution >= 4 is 46.3 Å². The molecule has 1 unspecified atom stereocenters. The van der Waals surface area contributed by atoms with Crippen molar-refractivity contribution in [1.82, 2.24) is 0 Å². The SMILES string of the molecule is CCCCC1=Cc2c(ccc(C(C)(C)C)c2-c2ccccc2-c2ccccc2)[CH]1[Zr]([Cl])([Cl])[c]1cccc2c1[SiH2]c1ccccc1-2. The molecule has 0 amide bonds. The molecule has 1 aliphatic heterocycles. The van der Waals surface area contributed by atoms with Crippen LogP contribution in [0.5, 0.6) is 0 Å². The third-order valence-electron chi connectivity index (χ3n) is 9.77. The summed E-state index contributed by atoms with van der Waals surface area (Å²) in [6.07, 6.45) is 5.83. The van der Waals surface area contributed by atoms with E-state index in [1.165, 1.54) is 69.3 Å². The first kappa shape index (κ1) is 31.1. The van der Waals surface area contributed by atoms with Crippen LogP contribution in [0.3, 0.4) is 0 Å². The average molecular weight is 723 g/mol. The van der Waals surface area contributed by atoms with Gasteiger partial charge in [-0.1, -0.05) is 0 Å². The number of halogens is 2. The van der Waals surface area contributed by atoms with Gasteiger partial charge in [0, 0.05) is 0 Å². The second-order valence-electron chi connectivity index (χ2n) is 13.7. The molecule has 0 fully saturated rings. The van der Waals surface area contributed by atoms with Crippen molar-refractivity contribution in [2.45, 2.75) is 56.0 Å². The first-order valence-corrected chi connectivity index (χ1v) is 26.7. The molecule has 0 aromatic heterocycles. The van der Waals surface area contributed by atoms with E-state index in [2.05, 4.69) is 143 Å². The Morgan fingerprint density at radius 3 is 2.11 bits per heavy atom. The maximum atomic E-state index is 8.01. The van der Waals surface area contributed by atoms with E-state index >= 15 is 0 Å². The van der Waals surface area contributed by atoms with Gasteiger partial charge >= 0.3 is 285 Å². The van der Waals surface area contributed by atoms with Crippen molar-refractivity contribution in [2.75, 3.05) is 0 Å². The molecule has 0 N–H and O–H groups in total. The molecule has 226 valence electrons. The van der Waals surface area contributed by atoms with E-state index in [1.54, 1.807) is 0 Å². The Kier molecular flexibility index (Phi) is 8.49. The molecule has 1 atom stereocenters. The third-order valence-corrected chi connectivity index (χ3v) is 24.1. The summed E-state index contributed by atoms with van der Waals surface area (Å²) in [5.41, 5.74) is 13.3. The van der Waals surface area contributed by atoms with Crippen molar-refractivity contribution in [3.05, 3.63) is 131 Å². The van der Waals surface area contributed by atoms with Gasteiger partial charge in [0.05, 0.1) is 0 Å². The maximum absolute atomic E-state index is 8.01. The summed E-state index contributed by atoms with van der Waals surface area (Å²) in [4.78, 5) is 0. The van der Waals surface area contributed by atoms with Crippen LogP contribution in [0.15, 0.2) is 115 Å². The van der Waals surface area contributed by atoms with Gasteiger partial charge in [-0.15, -0.1) is 0 Å². The Bertz CT molecular complexity index is 1930. The van der Waals surface area contributed by atoms with E-state index < -0.39 is 27.4 Å². The summed E-state index contributed by atoms with van der Waals surface area (Å²) < 4.78 is 1.39. The molecular formula is C41H40Cl2SiZr. The van der Waals surface area contributed by atoms with Gasteiger partial charge in [-0.25, -0.2) is 0 Å². The van der Waals surface area contributed by atoms with Crippen LogP contribution in [-0.4, -0.2) is 9.52 Å². The number of hydrogen-bond donors (Lipinski definition) is 0. The Hall–Kier alpha value is -2.48. The number of allylic oxidation sites excluding steroid dienone is 1. The van der Waals surface area contributed by atoms with Crippen LogP contribution in [0.25, 0.3) is 39.5 Å². The van der Waals surface area contributed by atoms with Gasteiger partial charge < -0.3 is 0 Å². The summed E-state index contributed by atoms with van der Waals surface area (Å²) in [6, 6.07) is 40.2. The second-order valence-corrected chi connectivity index (χ2v) is 29.5. The predicted molar refractivity (Wildman–Crippen MR) is 197 cm³/mol. The molecule has 5 aromatic carbocycles. The van der Waals surface area contributed by atoms with E-state index in [4.69, 9.17) is 17.0 Å². The van der Waals surface area contributed by atoms with Gasteiger partial charge in [-0.3, -0.25) is 0 Å². The molecule has 0 saturated carbocycles. The minimum atomic E-state index is -4.07. The summed E-state index contributed by atoms with van der Waals surface area (Å²) in [5.74, 6) is 0. The quantitative estimate of drug-likeness (QED) is 0.144. The first-order chi connectivity index (χ1) is 21.7. The van der Waals surface area contributed by atoms with E-state index in [0.29, 0.717) is 0 Å². The molecule has 45 heavy (non-hydrogen) atoms. The first-order valence-electron chi connectivity index (χ1n) is 16.3.